The van der Waals surface area contributed by atoms with Gasteiger partial charge in [-0.3, -0.25) is 0 Å². The lowest BCUT2D eigenvalue weighted by atomic mass is 10.1. The topological polar surface area (TPSA) is 59.9 Å². The molecule has 0 aliphatic heterocycles. The molecule has 0 saturated carbocycles. The number of rotatable bonds is 4. The summed E-state index contributed by atoms with van der Waals surface area (Å²) >= 11 is 0. The van der Waals surface area contributed by atoms with Gasteiger partial charge in [-0.15, -0.1) is 0 Å². The van der Waals surface area contributed by atoms with Crippen LogP contribution in [0.5, 0.6) is 5.75 Å². The lowest BCUT2D eigenvalue weighted by Gasteiger charge is -2.11. The smallest absolute Gasteiger partial charge is 0.165 e. The van der Waals surface area contributed by atoms with Crippen molar-refractivity contribution in [2.75, 3.05) is 19.0 Å². The van der Waals surface area contributed by atoms with Crippen LogP contribution in [0.3, 0.4) is 0 Å². The van der Waals surface area contributed by atoms with Gasteiger partial charge in [-0.1, -0.05) is 12.1 Å². The third kappa shape index (κ3) is 2.57. The molecule has 1 N–H and O–H groups in total. The van der Waals surface area contributed by atoms with Crippen LogP contribution < -0.4 is 10.1 Å². The number of nitrogens with zero attached hydrogens (tertiary/aromatic N) is 3. The number of hydrogen-bond donors (Lipinski definition) is 1. The summed E-state index contributed by atoms with van der Waals surface area (Å²) in [6.45, 7) is 4.46. The van der Waals surface area contributed by atoms with Gasteiger partial charge in [-0.2, -0.15) is 0 Å². The van der Waals surface area contributed by atoms with Crippen molar-refractivity contribution in [3.63, 3.8) is 0 Å². The van der Waals surface area contributed by atoms with Crippen LogP contribution in [0.4, 0.5) is 5.82 Å². The first-order chi connectivity index (χ1) is 10.7. The van der Waals surface area contributed by atoms with E-state index in [0.29, 0.717) is 18.1 Å². The van der Waals surface area contributed by atoms with E-state index in [-0.39, 0.29) is 0 Å². The standard InChI is InChI=1S/C17H18N4O/c1-4-22-15-8-6-5-7-12(15)14-10-9-13-16(18-3)19-11(2)20-17(13)21-14/h5-10H,4H2,1-3H3,(H,18,19,20,21). The summed E-state index contributed by atoms with van der Waals surface area (Å²) in [5.41, 5.74) is 2.49. The maximum absolute atomic E-state index is 5.69. The second-order valence-electron chi connectivity index (χ2n) is 4.87. The van der Waals surface area contributed by atoms with Crippen LogP contribution in [-0.4, -0.2) is 28.6 Å². The first-order valence-corrected chi connectivity index (χ1v) is 7.28. The molecule has 1 aromatic carbocycles. The van der Waals surface area contributed by atoms with Crippen LogP contribution in [-0.2, 0) is 0 Å². The number of fused-ring (bicyclic) bond motifs is 1. The minimum absolute atomic E-state index is 0.621. The van der Waals surface area contributed by atoms with Crippen molar-refractivity contribution in [1.82, 2.24) is 15.0 Å². The number of anilines is 1. The number of aryl methyl sites for hydroxylation is 1. The maximum atomic E-state index is 5.69. The molecule has 2 aromatic heterocycles. The molecule has 0 saturated heterocycles. The number of nitrogens with one attached hydrogen (secondary N) is 1. The molecule has 2 heterocycles. The van der Waals surface area contributed by atoms with Crippen molar-refractivity contribution >= 4 is 16.9 Å². The molecular formula is C17H18N4O. The zero-order chi connectivity index (χ0) is 15.5. The van der Waals surface area contributed by atoms with E-state index < -0.39 is 0 Å². The molecule has 22 heavy (non-hydrogen) atoms. The fourth-order valence-electron chi connectivity index (χ4n) is 2.42. The number of benzene rings is 1. The van der Waals surface area contributed by atoms with E-state index in [9.17, 15) is 0 Å². The zero-order valence-electron chi connectivity index (χ0n) is 12.9. The van der Waals surface area contributed by atoms with Crippen molar-refractivity contribution in [3.05, 3.63) is 42.2 Å². The van der Waals surface area contributed by atoms with Gasteiger partial charge in [0.05, 0.1) is 17.7 Å². The Kier molecular flexibility index (Phi) is 3.87. The van der Waals surface area contributed by atoms with Crippen LogP contribution in [0.15, 0.2) is 36.4 Å². The monoisotopic (exact) mass is 294 g/mol. The van der Waals surface area contributed by atoms with E-state index in [4.69, 9.17) is 4.74 Å². The first kappa shape index (κ1) is 14.3. The Morgan fingerprint density at radius 1 is 1.05 bits per heavy atom. The highest BCUT2D eigenvalue weighted by Crippen LogP contribution is 2.30. The minimum atomic E-state index is 0.621. The third-order valence-electron chi connectivity index (χ3n) is 3.37. The minimum Gasteiger partial charge on any atom is -0.493 e. The van der Waals surface area contributed by atoms with Gasteiger partial charge >= 0.3 is 0 Å². The van der Waals surface area contributed by atoms with Gasteiger partial charge in [0, 0.05) is 12.6 Å². The van der Waals surface area contributed by atoms with E-state index in [1.807, 2.05) is 57.3 Å². The molecule has 3 aromatic rings. The number of para-hydroxylation sites is 1. The molecular weight excluding hydrogens is 276 g/mol. The van der Waals surface area contributed by atoms with Crippen LogP contribution >= 0.6 is 0 Å². The number of hydrogen-bond acceptors (Lipinski definition) is 5. The average molecular weight is 294 g/mol. The zero-order valence-corrected chi connectivity index (χ0v) is 12.9. The number of ether oxygens (including phenoxy) is 1. The van der Waals surface area contributed by atoms with E-state index in [0.717, 1.165) is 28.2 Å². The normalized spacial score (nSPS) is 10.7. The van der Waals surface area contributed by atoms with E-state index in [1.54, 1.807) is 0 Å². The Hall–Kier alpha value is -2.69. The molecule has 112 valence electrons. The van der Waals surface area contributed by atoms with Crippen LogP contribution in [0.1, 0.15) is 12.7 Å². The molecule has 5 heteroatoms. The highest BCUT2D eigenvalue weighted by atomic mass is 16.5. The van der Waals surface area contributed by atoms with E-state index in [2.05, 4.69) is 20.3 Å². The lowest BCUT2D eigenvalue weighted by Crippen LogP contribution is -2.00. The SMILES string of the molecule is CCOc1ccccc1-c1ccc2c(NC)nc(C)nc2n1. The van der Waals surface area contributed by atoms with E-state index in [1.165, 1.54) is 0 Å². The second-order valence-corrected chi connectivity index (χ2v) is 4.87. The molecule has 0 radical (unpaired) electrons. The fourth-order valence-corrected chi connectivity index (χ4v) is 2.42. The van der Waals surface area contributed by atoms with Gasteiger partial charge in [0.2, 0.25) is 0 Å². The molecule has 0 atom stereocenters. The summed E-state index contributed by atoms with van der Waals surface area (Å²) < 4.78 is 5.69. The largest absolute Gasteiger partial charge is 0.493 e. The summed E-state index contributed by atoms with van der Waals surface area (Å²) in [5, 5.41) is 3.99. The summed E-state index contributed by atoms with van der Waals surface area (Å²) in [4.78, 5) is 13.5. The van der Waals surface area contributed by atoms with Crippen LogP contribution in [0.2, 0.25) is 0 Å². The van der Waals surface area contributed by atoms with Gasteiger partial charge in [0.25, 0.3) is 0 Å². The van der Waals surface area contributed by atoms with Gasteiger partial charge in [-0.05, 0) is 38.1 Å². The van der Waals surface area contributed by atoms with Gasteiger partial charge in [0.15, 0.2) is 5.65 Å². The van der Waals surface area contributed by atoms with Crippen molar-refractivity contribution in [1.29, 1.82) is 0 Å². The second kappa shape index (κ2) is 5.97. The Morgan fingerprint density at radius 2 is 1.86 bits per heavy atom. The quantitative estimate of drug-likeness (QED) is 0.798. The Labute approximate surface area is 129 Å². The summed E-state index contributed by atoms with van der Waals surface area (Å²) in [7, 11) is 1.85. The lowest BCUT2D eigenvalue weighted by molar-refractivity contribution is 0.341. The van der Waals surface area contributed by atoms with Crippen LogP contribution in [0.25, 0.3) is 22.3 Å². The molecule has 0 aliphatic carbocycles. The number of aromatic nitrogens is 3. The van der Waals surface area contributed by atoms with Gasteiger partial charge in [-0.25, -0.2) is 15.0 Å². The molecule has 0 amide bonds. The predicted molar refractivity (Wildman–Crippen MR) is 88.2 cm³/mol. The Bertz CT molecular complexity index is 817. The summed E-state index contributed by atoms with van der Waals surface area (Å²) in [6.07, 6.45) is 0. The fraction of sp³-hybridized carbons (Fsp3) is 0.235. The highest BCUT2D eigenvalue weighted by Gasteiger charge is 2.11. The predicted octanol–water partition coefficient (Wildman–Crippen LogP) is 3.44. The molecule has 0 aliphatic rings. The van der Waals surface area contributed by atoms with Gasteiger partial charge in [0.1, 0.15) is 17.4 Å². The number of pyridine rings is 1. The molecule has 3 rings (SSSR count). The highest BCUT2D eigenvalue weighted by molar-refractivity contribution is 5.88. The third-order valence-corrected chi connectivity index (χ3v) is 3.37. The molecule has 0 unspecified atom stereocenters. The van der Waals surface area contributed by atoms with E-state index >= 15 is 0 Å². The van der Waals surface area contributed by atoms with Crippen molar-refractivity contribution in [2.24, 2.45) is 0 Å². The summed E-state index contributed by atoms with van der Waals surface area (Å²) in [5.74, 6) is 2.32. The molecule has 0 bridgehead atoms. The Balaban J connectivity index is 2.17. The maximum Gasteiger partial charge on any atom is 0.165 e. The average Bonchev–Trinajstić information content (AvgIpc) is 2.54. The van der Waals surface area contributed by atoms with Gasteiger partial charge < -0.3 is 10.1 Å². The van der Waals surface area contributed by atoms with Crippen LogP contribution in [0, 0.1) is 6.92 Å². The molecule has 5 nitrogen and oxygen atoms in total. The van der Waals surface area contributed by atoms with Crippen molar-refractivity contribution in [2.45, 2.75) is 13.8 Å². The van der Waals surface area contributed by atoms with Crippen molar-refractivity contribution < 1.29 is 4.74 Å². The Morgan fingerprint density at radius 3 is 2.64 bits per heavy atom. The van der Waals surface area contributed by atoms with Crippen molar-refractivity contribution in [3.8, 4) is 17.0 Å². The summed E-state index contributed by atoms with van der Waals surface area (Å²) in [6, 6.07) is 11.9. The molecule has 0 spiro atoms. The first-order valence-electron chi connectivity index (χ1n) is 7.28. The molecule has 0 fully saturated rings.